The molecule has 3 heteroatoms. The lowest BCUT2D eigenvalue weighted by Crippen LogP contribution is -2.49. The van der Waals surface area contributed by atoms with Crippen LogP contribution in [-0.4, -0.2) is 19.4 Å². The molecule has 4 atom stereocenters. The minimum atomic E-state index is -0.444. The Balaban J connectivity index is 2.22. The third-order valence-electron chi connectivity index (χ3n) is 7.20. The first-order chi connectivity index (χ1) is 11.3. The van der Waals surface area contributed by atoms with Crippen molar-refractivity contribution in [2.24, 2.45) is 22.7 Å². The van der Waals surface area contributed by atoms with E-state index in [1.54, 1.807) is 0 Å². The van der Waals surface area contributed by atoms with Gasteiger partial charge in [-0.3, -0.25) is 4.79 Å². The van der Waals surface area contributed by atoms with E-state index in [9.17, 15) is 9.59 Å². The molecule has 0 radical (unpaired) electrons. The number of fused-ring (bicyclic) bond motifs is 1. The Labute approximate surface area is 146 Å². The average molecular weight is 332 g/mol. The Hall–Kier alpha value is -1.38. The number of ether oxygens (including phenoxy) is 1. The van der Waals surface area contributed by atoms with Crippen molar-refractivity contribution in [2.75, 3.05) is 7.11 Å². The molecule has 0 bridgehead atoms. The van der Waals surface area contributed by atoms with Crippen molar-refractivity contribution in [3.05, 3.63) is 23.3 Å². The Morgan fingerprint density at radius 3 is 2.71 bits per heavy atom. The minimum absolute atomic E-state index is 0.195. The number of methoxy groups -OCH3 is 1. The lowest BCUT2D eigenvalue weighted by atomic mass is 9.47. The third kappa shape index (κ3) is 3.36. The normalized spacial score (nSPS) is 36.5. The second kappa shape index (κ2) is 7.25. The summed E-state index contributed by atoms with van der Waals surface area (Å²) in [4.78, 5) is 22.8. The molecule has 1 saturated carbocycles. The van der Waals surface area contributed by atoms with Crippen LogP contribution in [0.15, 0.2) is 23.3 Å². The van der Waals surface area contributed by atoms with Gasteiger partial charge in [0.2, 0.25) is 0 Å². The monoisotopic (exact) mass is 332 g/mol. The highest BCUT2D eigenvalue weighted by Gasteiger charge is 2.52. The van der Waals surface area contributed by atoms with Crippen molar-refractivity contribution in [3.63, 3.8) is 0 Å². The first-order valence-electron chi connectivity index (χ1n) is 9.19. The van der Waals surface area contributed by atoms with Gasteiger partial charge in [-0.05, 0) is 73.7 Å². The van der Waals surface area contributed by atoms with Gasteiger partial charge in [0.05, 0.1) is 7.11 Å². The van der Waals surface area contributed by atoms with E-state index in [0.29, 0.717) is 23.8 Å². The lowest BCUT2D eigenvalue weighted by molar-refractivity contribution is -0.135. The highest BCUT2D eigenvalue weighted by molar-refractivity contribution is 5.89. The Bertz CT molecular complexity index is 559. The molecule has 0 N–H and O–H groups in total. The summed E-state index contributed by atoms with van der Waals surface area (Å²) < 4.78 is 4.65. The highest BCUT2D eigenvalue weighted by atomic mass is 16.5. The topological polar surface area (TPSA) is 43.4 Å². The molecule has 0 aliphatic heterocycles. The summed E-state index contributed by atoms with van der Waals surface area (Å²) >= 11 is 0. The van der Waals surface area contributed by atoms with Gasteiger partial charge in [-0.15, -0.1) is 0 Å². The molecule has 24 heavy (non-hydrogen) atoms. The fraction of sp³-hybridized carbons (Fsp3) is 0.714. The maximum atomic E-state index is 11.4. The molecule has 0 saturated heterocycles. The summed E-state index contributed by atoms with van der Waals surface area (Å²) in [7, 11) is 1.34. The van der Waals surface area contributed by atoms with Gasteiger partial charge in [0.1, 0.15) is 6.29 Å². The number of carbonyl (C=O) groups excluding carboxylic acids is 2. The van der Waals surface area contributed by atoms with E-state index in [1.807, 2.05) is 0 Å². The summed E-state index contributed by atoms with van der Waals surface area (Å²) in [6.45, 7) is 9.48. The molecule has 134 valence electrons. The summed E-state index contributed by atoms with van der Waals surface area (Å²) in [5.74, 6) is 0.831. The molecular weight excluding hydrogens is 300 g/mol. The zero-order chi connectivity index (χ0) is 18.0. The van der Waals surface area contributed by atoms with Crippen molar-refractivity contribution in [3.8, 4) is 0 Å². The van der Waals surface area contributed by atoms with Crippen molar-refractivity contribution < 1.29 is 14.3 Å². The van der Waals surface area contributed by atoms with E-state index in [2.05, 4.69) is 38.5 Å². The van der Waals surface area contributed by atoms with E-state index in [0.717, 1.165) is 19.1 Å². The van der Waals surface area contributed by atoms with Crippen LogP contribution in [0.25, 0.3) is 0 Å². The molecule has 0 heterocycles. The third-order valence-corrected chi connectivity index (χ3v) is 7.20. The largest absolute Gasteiger partial charge is 0.466 e. The van der Waals surface area contributed by atoms with Gasteiger partial charge in [0.25, 0.3) is 0 Å². The molecule has 2 aliphatic carbocycles. The quantitative estimate of drug-likeness (QED) is 0.312. The molecule has 0 aromatic heterocycles. The fourth-order valence-electron chi connectivity index (χ4n) is 5.12. The standard InChI is InChI=1S/C21H32O3/c1-15-7-6-8-18-20(15,3)11-9-16(2)21(18,4)12-10-17(14-22)13-19(23)24-5/h7,13-14,16,18H,6,8-12H2,1-5H3. The minimum Gasteiger partial charge on any atom is -0.466 e. The van der Waals surface area contributed by atoms with E-state index >= 15 is 0 Å². The predicted octanol–water partition coefficient (Wildman–Crippen LogP) is 4.86. The summed E-state index contributed by atoms with van der Waals surface area (Å²) in [6.07, 6.45) is 11.0. The summed E-state index contributed by atoms with van der Waals surface area (Å²) in [6, 6.07) is 0. The number of hydrogen-bond acceptors (Lipinski definition) is 3. The van der Waals surface area contributed by atoms with Crippen LogP contribution in [0.2, 0.25) is 0 Å². The van der Waals surface area contributed by atoms with E-state index in [4.69, 9.17) is 0 Å². The number of hydrogen-bond donors (Lipinski definition) is 0. The Morgan fingerprint density at radius 1 is 1.38 bits per heavy atom. The number of carbonyl (C=O) groups is 2. The molecular formula is C21H32O3. The van der Waals surface area contributed by atoms with Crippen LogP contribution in [-0.2, 0) is 14.3 Å². The molecule has 3 nitrogen and oxygen atoms in total. The highest BCUT2D eigenvalue weighted by Crippen LogP contribution is 2.61. The van der Waals surface area contributed by atoms with E-state index < -0.39 is 5.97 Å². The average Bonchev–Trinajstić information content (AvgIpc) is 2.57. The first-order valence-corrected chi connectivity index (χ1v) is 9.19. The van der Waals surface area contributed by atoms with E-state index in [-0.39, 0.29) is 10.8 Å². The molecule has 2 aliphatic rings. The fourth-order valence-corrected chi connectivity index (χ4v) is 5.12. The Kier molecular flexibility index (Phi) is 5.72. The van der Waals surface area contributed by atoms with Gasteiger partial charge in [-0.25, -0.2) is 4.79 Å². The predicted molar refractivity (Wildman–Crippen MR) is 96.5 cm³/mol. The van der Waals surface area contributed by atoms with Crippen LogP contribution in [0, 0.1) is 22.7 Å². The van der Waals surface area contributed by atoms with Crippen molar-refractivity contribution in [1.82, 2.24) is 0 Å². The van der Waals surface area contributed by atoms with Crippen molar-refractivity contribution >= 4 is 12.3 Å². The van der Waals surface area contributed by atoms with Crippen LogP contribution in [0.3, 0.4) is 0 Å². The molecule has 0 aromatic carbocycles. The van der Waals surface area contributed by atoms with Gasteiger partial charge in [-0.2, -0.15) is 0 Å². The SMILES string of the molecule is COC(=O)C=C(C=O)CCC1(C)C(C)CCC2(C)C(C)=CCCC21. The van der Waals surface area contributed by atoms with Crippen molar-refractivity contribution in [2.45, 2.75) is 66.2 Å². The molecule has 0 aromatic rings. The van der Waals surface area contributed by atoms with Gasteiger partial charge >= 0.3 is 5.97 Å². The second-order valence-corrected chi connectivity index (χ2v) is 8.24. The molecule has 2 rings (SSSR count). The lowest BCUT2D eigenvalue weighted by Gasteiger charge is -2.58. The maximum Gasteiger partial charge on any atom is 0.330 e. The van der Waals surface area contributed by atoms with Crippen LogP contribution in [0.4, 0.5) is 0 Å². The maximum absolute atomic E-state index is 11.4. The summed E-state index contributed by atoms with van der Waals surface area (Å²) in [5, 5.41) is 0. The number of aldehydes is 1. The van der Waals surface area contributed by atoms with Crippen molar-refractivity contribution in [1.29, 1.82) is 0 Å². The van der Waals surface area contributed by atoms with Gasteiger partial charge in [0.15, 0.2) is 0 Å². The van der Waals surface area contributed by atoms with Crippen LogP contribution in [0.1, 0.15) is 66.2 Å². The molecule has 0 amide bonds. The Morgan fingerprint density at radius 2 is 2.08 bits per heavy atom. The smallest absolute Gasteiger partial charge is 0.330 e. The molecule has 0 spiro atoms. The van der Waals surface area contributed by atoms with Gasteiger partial charge < -0.3 is 4.74 Å². The van der Waals surface area contributed by atoms with Crippen LogP contribution < -0.4 is 0 Å². The number of esters is 1. The number of allylic oxidation sites excluding steroid dienone is 3. The second-order valence-electron chi connectivity index (χ2n) is 8.24. The molecule has 1 fully saturated rings. The zero-order valence-electron chi connectivity index (χ0n) is 15.9. The van der Waals surface area contributed by atoms with Gasteiger partial charge in [-0.1, -0.05) is 32.4 Å². The number of rotatable bonds is 5. The van der Waals surface area contributed by atoms with Crippen LogP contribution >= 0.6 is 0 Å². The zero-order valence-corrected chi connectivity index (χ0v) is 15.9. The first kappa shape index (κ1) is 19.0. The van der Waals surface area contributed by atoms with E-state index in [1.165, 1.54) is 38.0 Å². The molecule has 4 unspecified atom stereocenters. The van der Waals surface area contributed by atoms with Crippen LogP contribution in [0.5, 0.6) is 0 Å². The summed E-state index contributed by atoms with van der Waals surface area (Å²) in [5.41, 5.74) is 2.57. The van der Waals surface area contributed by atoms with Gasteiger partial charge in [0, 0.05) is 6.08 Å².